The Morgan fingerprint density at radius 3 is 2.89 bits per heavy atom. The lowest BCUT2D eigenvalue weighted by Gasteiger charge is -2.03. The first-order valence-electron chi connectivity index (χ1n) is 5.63. The van der Waals surface area contributed by atoms with Crippen LogP contribution in [0.1, 0.15) is 23.1 Å². The van der Waals surface area contributed by atoms with Crippen molar-refractivity contribution >= 4 is 0 Å². The standard InChI is InChI=1S/C12H16N4O2/c1-7-4-8(2)10(14-5-7)11-15-12(18-16-11)9(13)6-17-3/h4-5,9H,6,13H2,1-3H3. The van der Waals surface area contributed by atoms with Gasteiger partial charge in [0.15, 0.2) is 0 Å². The van der Waals surface area contributed by atoms with Crippen molar-refractivity contribution in [2.75, 3.05) is 13.7 Å². The average molecular weight is 248 g/mol. The Bertz CT molecular complexity index is 539. The van der Waals surface area contributed by atoms with Crippen LogP contribution in [0.15, 0.2) is 16.8 Å². The first kappa shape index (κ1) is 12.7. The second-order valence-electron chi connectivity index (χ2n) is 4.20. The minimum Gasteiger partial charge on any atom is -0.383 e. The molecule has 0 aliphatic heterocycles. The number of methoxy groups -OCH3 is 1. The number of hydrogen-bond donors (Lipinski definition) is 1. The molecule has 0 saturated carbocycles. The van der Waals surface area contributed by atoms with Crippen molar-refractivity contribution in [1.82, 2.24) is 15.1 Å². The number of ether oxygens (including phenoxy) is 1. The zero-order valence-electron chi connectivity index (χ0n) is 10.7. The van der Waals surface area contributed by atoms with Gasteiger partial charge in [-0.15, -0.1) is 0 Å². The highest BCUT2D eigenvalue weighted by Gasteiger charge is 2.17. The molecule has 2 N–H and O–H groups in total. The molecule has 2 rings (SSSR count). The molecule has 0 aliphatic rings. The van der Waals surface area contributed by atoms with Gasteiger partial charge in [0.25, 0.3) is 0 Å². The van der Waals surface area contributed by atoms with Crippen LogP contribution in [-0.4, -0.2) is 28.8 Å². The van der Waals surface area contributed by atoms with Gasteiger partial charge < -0.3 is 15.0 Å². The summed E-state index contributed by atoms with van der Waals surface area (Å²) in [7, 11) is 1.57. The van der Waals surface area contributed by atoms with Gasteiger partial charge in [-0.05, 0) is 25.0 Å². The Morgan fingerprint density at radius 2 is 2.22 bits per heavy atom. The largest absolute Gasteiger partial charge is 0.383 e. The summed E-state index contributed by atoms with van der Waals surface area (Å²) in [6.07, 6.45) is 1.77. The summed E-state index contributed by atoms with van der Waals surface area (Å²) in [5, 5.41) is 3.90. The second-order valence-corrected chi connectivity index (χ2v) is 4.20. The Kier molecular flexibility index (Phi) is 3.69. The number of hydrogen-bond acceptors (Lipinski definition) is 6. The summed E-state index contributed by atoms with van der Waals surface area (Å²) in [6.45, 7) is 4.28. The molecule has 1 atom stereocenters. The smallest absolute Gasteiger partial charge is 0.246 e. The van der Waals surface area contributed by atoms with E-state index in [1.807, 2.05) is 19.9 Å². The summed E-state index contributed by atoms with van der Waals surface area (Å²) in [6, 6.07) is 1.61. The molecule has 6 heteroatoms. The molecule has 2 heterocycles. The first-order chi connectivity index (χ1) is 8.61. The second kappa shape index (κ2) is 5.24. The summed E-state index contributed by atoms with van der Waals surface area (Å²) < 4.78 is 10.1. The molecular formula is C12H16N4O2. The van der Waals surface area contributed by atoms with E-state index in [-0.39, 0.29) is 0 Å². The zero-order valence-corrected chi connectivity index (χ0v) is 10.7. The zero-order chi connectivity index (χ0) is 13.1. The van der Waals surface area contributed by atoms with Gasteiger partial charge >= 0.3 is 0 Å². The van der Waals surface area contributed by atoms with Crippen LogP contribution in [0.25, 0.3) is 11.5 Å². The van der Waals surface area contributed by atoms with Crippen molar-refractivity contribution in [1.29, 1.82) is 0 Å². The molecule has 0 saturated heterocycles. The van der Waals surface area contributed by atoms with E-state index in [2.05, 4.69) is 15.1 Å². The number of nitrogens with zero attached hydrogens (tertiary/aromatic N) is 3. The van der Waals surface area contributed by atoms with E-state index >= 15 is 0 Å². The molecule has 0 bridgehead atoms. The highest BCUT2D eigenvalue weighted by Crippen LogP contribution is 2.20. The Hall–Kier alpha value is -1.79. The topological polar surface area (TPSA) is 87.1 Å². The van der Waals surface area contributed by atoms with Crippen LogP contribution >= 0.6 is 0 Å². The van der Waals surface area contributed by atoms with Gasteiger partial charge in [-0.2, -0.15) is 4.98 Å². The third-order valence-electron chi connectivity index (χ3n) is 2.53. The van der Waals surface area contributed by atoms with Crippen LogP contribution in [0.2, 0.25) is 0 Å². The third kappa shape index (κ3) is 2.55. The van der Waals surface area contributed by atoms with E-state index in [0.29, 0.717) is 24.0 Å². The van der Waals surface area contributed by atoms with Crippen molar-refractivity contribution in [3.05, 3.63) is 29.3 Å². The van der Waals surface area contributed by atoms with Gasteiger partial charge in [0, 0.05) is 13.3 Å². The van der Waals surface area contributed by atoms with E-state index in [0.717, 1.165) is 11.1 Å². The molecule has 1 unspecified atom stereocenters. The maximum Gasteiger partial charge on any atom is 0.246 e. The maximum atomic E-state index is 5.82. The van der Waals surface area contributed by atoms with Crippen LogP contribution in [0.4, 0.5) is 0 Å². The van der Waals surface area contributed by atoms with Crippen molar-refractivity contribution in [3.8, 4) is 11.5 Å². The van der Waals surface area contributed by atoms with E-state index in [9.17, 15) is 0 Å². The summed E-state index contributed by atoms with van der Waals surface area (Å²) >= 11 is 0. The van der Waals surface area contributed by atoms with Gasteiger partial charge in [0.1, 0.15) is 11.7 Å². The Morgan fingerprint density at radius 1 is 1.44 bits per heavy atom. The molecule has 2 aromatic rings. The van der Waals surface area contributed by atoms with E-state index in [1.165, 1.54) is 0 Å². The minimum absolute atomic E-state index is 0.335. The number of aromatic nitrogens is 3. The van der Waals surface area contributed by atoms with Crippen molar-refractivity contribution in [2.45, 2.75) is 19.9 Å². The fraction of sp³-hybridized carbons (Fsp3) is 0.417. The molecule has 0 spiro atoms. The van der Waals surface area contributed by atoms with E-state index in [1.54, 1.807) is 13.3 Å². The number of aryl methyl sites for hydroxylation is 2. The molecular weight excluding hydrogens is 232 g/mol. The van der Waals surface area contributed by atoms with Crippen molar-refractivity contribution in [3.63, 3.8) is 0 Å². The van der Waals surface area contributed by atoms with Gasteiger partial charge in [-0.25, -0.2) is 0 Å². The molecule has 0 aliphatic carbocycles. The predicted octanol–water partition coefficient (Wildman–Crippen LogP) is 1.39. The molecule has 18 heavy (non-hydrogen) atoms. The quantitative estimate of drug-likeness (QED) is 0.879. The maximum absolute atomic E-state index is 5.82. The third-order valence-corrected chi connectivity index (χ3v) is 2.53. The highest BCUT2D eigenvalue weighted by molar-refractivity contribution is 5.54. The van der Waals surface area contributed by atoms with Crippen molar-refractivity contribution < 1.29 is 9.26 Å². The average Bonchev–Trinajstić information content (AvgIpc) is 2.78. The first-order valence-corrected chi connectivity index (χ1v) is 5.63. The Labute approximate surface area is 105 Å². The predicted molar refractivity (Wildman–Crippen MR) is 65.8 cm³/mol. The number of nitrogens with two attached hydrogens (primary N) is 1. The molecule has 6 nitrogen and oxygen atoms in total. The van der Waals surface area contributed by atoms with Gasteiger partial charge in [-0.3, -0.25) is 4.98 Å². The monoisotopic (exact) mass is 248 g/mol. The fourth-order valence-corrected chi connectivity index (χ4v) is 1.68. The molecule has 0 radical (unpaired) electrons. The lowest BCUT2D eigenvalue weighted by Crippen LogP contribution is -2.16. The fourth-order valence-electron chi connectivity index (χ4n) is 1.68. The lowest BCUT2D eigenvalue weighted by molar-refractivity contribution is 0.166. The molecule has 2 aromatic heterocycles. The van der Waals surface area contributed by atoms with Crippen LogP contribution in [0.3, 0.4) is 0 Å². The molecule has 0 fully saturated rings. The van der Waals surface area contributed by atoms with Crippen LogP contribution in [-0.2, 0) is 4.74 Å². The molecule has 0 amide bonds. The SMILES string of the molecule is COCC(N)c1nc(-c2ncc(C)cc2C)no1. The summed E-state index contributed by atoms with van der Waals surface area (Å²) in [4.78, 5) is 8.55. The Balaban J connectivity index is 2.29. The minimum atomic E-state index is -0.415. The number of pyridine rings is 1. The highest BCUT2D eigenvalue weighted by atomic mass is 16.5. The summed E-state index contributed by atoms with van der Waals surface area (Å²) in [5.41, 5.74) is 8.62. The van der Waals surface area contributed by atoms with Gasteiger partial charge in [0.2, 0.25) is 11.7 Å². The molecule has 96 valence electrons. The van der Waals surface area contributed by atoms with Crippen LogP contribution in [0.5, 0.6) is 0 Å². The van der Waals surface area contributed by atoms with Crippen molar-refractivity contribution in [2.24, 2.45) is 5.73 Å². The van der Waals surface area contributed by atoms with Gasteiger partial charge in [0.05, 0.1) is 6.61 Å². The summed E-state index contributed by atoms with van der Waals surface area (Å²) in [5.74, 6) is 0.808. The van der Waals surface area contributed by atoms with E-state index < -0.39 is 6.04 Å². The molecule has 0 aromatic carbocycles. The normalized spacial score (nSPS) is 12.7. The van der Waals surface area contributed by atoms with Crippen LogP contribution < -0.4 is 5.73 Å². The lowest BCUT2D eigenvalue weighted by atomic mass is 10.1. The number of rotatable bonds is 4. The van der Waals surface area contributed by atoms with E-state index in [4.69, 9.17) is 15.0 Å². The van der Waals surface area contributed by atoms with Crippen LogP contribution in [0, 0.1) is 13.8 Å². The van der Waals surface area contributed by atoms with Gasteiger partial charge in [-0.1, -0.05) is 11.2 Å².